The Hall–Kier alpha value is -1.16. The van der Waals surface area contributed by atoms with Crippen LogP contribution < -0.4 is 0 Å². The quantitative estimate of drug-likeness (QED) is 0.474. The van der Waals surface area contributed by atoms with E-state index in [0.29, 0.717) is 35.2 Å². The highest BCUT2D eigenvalue weighted by molar-refractivity contribution is 5.29. The van der Waals surface area contributed by atoms with E-state index in [1.807, 2.05) is 19.9 Å². The number of aliphatic hydroxyl groups excluding tert-OH is 2. The van der Waals surface area contributed by atoms with Crippen molar-refractivity contribution in [1.82, 2.24) is 0 Å². The van der Waals surface area contributed by atoms with Gasteiger partial charge in [-0.2, -0.15) is 0 Å². The second-order valence-electron chi connectivity index (χ2n) is 11.3. The van der Waals surface area contributed by atoms with Gasteiger partial charge in [0.2, 0.25) is 0 Å². The molecule has 0 radical (unpaired) electrons. The molecule has 0 bridgehead atoms. The summed E-state index contributed by atoms with van der Waals surface area (Å²) in [7, 11) is 0. The molecule has 0 heterocycles. The van der Waals surface area contributed by atoms with E-state index in [-0.39, 0.29) is 5.92 Å². The van der Waals surface area contributed by atoms with Gasteiger partial charge in [0.15, 0.2) is 0 Å². The zero-order chi connectivity index (χ0) is 23.0. The summed E-state index contributed by atoms with van der Waals surface area (Å²) in [6, 6.07) is 0. The number of allylic oxidation sites excluding steroid dienone is 3. The molecule has 0 aromatic carbocycles. The van der Waals surface area contributed by atoms with Crippen LogP contribution in [0, 0.1) is 29.1 Å². The third-order valence-corrected chi connectivity index (χ3v) is 8.77. The minimum Gasteiger partial charge on any atom is -0.390 e. The van der Waals surface area contributed by atoms with Crippen LogP contribution in [0.2, 0.25) is 0 Å². The van der Waals surface area contributed by atoms with Gasteiger partial charge >= 0.3 is 0 Å². The maximum Gasteiger partial charge on any atom is 0.0956 e. The Morgan fingerprint density at radius 3 is 2.58 bits per heavy atom. The Morgan fingerprint density at radius 1 is 1.23 bits per heavy atom. The molecule has 174 valence electrons. The van der Waals surface area contributed by atoms with Crippen LogP contribution in [0.1, 0.15) is 79.6 Å². The van der Waals surface area contributed by atoms with Gasteiger partial charge in [0, 0.05) is 5.92 Å². The van der Waals surface area contributed by atoms with Crippen LogP contribution in [0.5, 0.6) is 0 Å². The van der Waals surface area contributed by atoms with E-state index >= 15 is 0 Å². The molecule has 3 N–H and O–H groups in total. The maximum atomic E-state index is 10.3. The smallest absolute Gasteiger partial charge is 0.0956 e. The van der Waals surface area contributed by atoms with Crippen molar-refractivity contribution >= 4 is 0 Å². The van der Waals surface area contributed by atoms with Gasteiger partial charge in [-0.25, -0.2) is 0 Å². The molecule has 0 saturated heterocycles. The average Bonchev–Trinajstić information content (AvgIpc) is 3.05. The van der Waals surface area contributed by atoms with Crippen molar-refractivity contribution in [3.05, 3.63) is 47.6 Å². The lowest BCUT2D eigenvalue weighted by molar-refractivity contribution is 0.0436. The molecule has 2 saturated carbocycles. The summed E-state index contributed by atoms with van der Waals surface area (Å²) in [5, 5.41) is 30.5. The zero-order valence-corrected chi connectivity index (χ0v) is 20.3. The molecule has 0 amide bonds. The first-order chi connectivity index (χ1) is 14.4. The fourth-order valence-corrected chi connectivity index (χ4v) is 6.29. The summed E-state index contributed by atoms with van der Waals surface area (Å²) in [4.78, 5) is 0. The van der Waals surface area contributed by atoms with Crippen molar-refractivity contribution < 1.29 is 15.3 Å². The number of hydrogen-bond acceptors (Lipinski definition) is 3. The van der Waals surface area contributed by atoms with Crippen LogP contribution in [0.3, 0.4) is 0 Å². The monoisotopic (exact) mass is 428 g/mol. The largest absolute Gasteiger partial charge is 0.390 e. The minimum absolute atomic E-state index is 0.146. The summed E-state index contributed by atoms with van der Waals surface area (Å²) in [6.07, 6.45) is 15.1. The van der Waals surface area contributed by atoms with Gasteiger partial charge in [-0.15, -0.1) is 0 Å². The maximum absolute atomic E-state index is 10.3. The molecular formula is C28H44O3. The third kappa shape index (κ3) is 5.26. The lowest BCUT2D eigenvalue weighted by atomic mass is 9.61. The molecule has 0 spiro atoms. The molecule has 3 aliphatic rings. The topological polar surface area (TPSA) is 60.7 Å². The van der Waals surface area contributed by atoms with Crippen molar-refractivity contribution in [1.29, 1.82) is 0 Å². The first-order valence-corrected chi connectivity index (χ1v) is 12.3. The second-order valence-corrected chi connectivity index (χ2v) is 11.3. The normalized spacial score (nSPS) is 37.7. The van der Waals surface area contributed by atoms with Crippen LogP contribution in [0.4, 0.5) is 0 Å². The van der Waals surface area contributed by atoms with E-state index in [4.69, 9.17) is 0 Å². The summed E-state index contributed by atoms with van der Waals surface area (Å²) >= 11 is 0. The first-order valence-electron chi connectivity index (χ1n) is 12.3. The summed E-state index contributed by atoms with van der Waals surface area (Å²) in [5.41, 5.74) is 2.88. The molecule has 2 fully saturated rings. The molecule has 0 aromatic rings. The Morgan fingerprint density at radius 2 is 1.94 bits per heavy atom. The Kier molecular flexibility index (Phi) is 7.40. The van der Waals surface area contributed by atoms with Crippen LogP contribution in [-0.4, -0.2) is 33.1 Å². The lowest BCUT2D eigenvalue weighted by Gasteiger charge is -2.44. The second kappa shape index (κ2) is 9.37. The van der Waals surface area contributed by atoms with Gasteiger partial charge < -0.3 is 15.3 Å². The van der Waals surface area contributed by atoms with Crippen molar-refractivity contribution in [2.75, 3.05) is 0 Å². The molecule has 3 heteroatoms. The molecule has 0 aliphatic heterocycles. The van der Waals surface area contributed by atoms with Gasteiger partial charge in [0.1, 0.15) is 0 Å². The highest BCUT2D eigenvalue weighted by Gasteiger charge is 2.50. The third-order valence-electron chi connectivity index (χ3n) is 8.77. The van der Waals surface area contributed by atoms with Crippen LogP contribution in [0.15, 0.2) is 47.6 Å². The van der Waals surface area contributed by atoms with E-state index in [1.54, 1.807) is 5.57 Å². The van der Waals surface area contributed by atoms with E-state index in [0.717, 1.165) is 12.0 Å². The predicted octanol–water partition coefficient (Wildman–Crippen LogP) is 5.73. The molecule has 3 aliphatic carbocycles. The highest BCUT2D eigenvalue weighted by Crippen LogP contribution is 2.59. The standard InChI is InChI=1S/C28H44O3/c1-18(9-10-19(2)27(4,5)31)23-13-14-24-22(8-7-15-28(23,24)6)12-11-21-16-25(29)20(3)26(30)17-21/h9-10,12,16,18-19,23-26,29-31H,3,7-8,11,13-15,17H2,1-2,4-6H3/b10-9+,22-12+/t18-,19-,23-,24+,25-,26-,28-/m1/s1. The number of aliphatic hydroxyl groups is 3. The molecule has 0 unspecified atom stereocenters. The fraction of sp³-hybridized carbons (Fsp3) is 0.714. The Balaban J connectivity index is 1.71. The molecule has 0 aromatic heterocycles. The molecule has 7 atom stereocenters. The van der Waals surface area contributed by atoms with Gasteiger partial charge in [-0.1, -0.05) is 62.8 Å². The SMILES string of the molecule is C=C1[C@H](O)C=C(C/C=C2\CCC[C@]3(C)[C@@H]([C@H](C)/C=C/[C@@H](C)C(C)(C)O)CC[C@@H]23)C[C@H]1O. The average molecular weight is 429 g/mol. The van der Waals surface area contributed by atoms with Gasteiger partial charge in [-0.3, -0.25) is 0 Å². The first kappa shape index (κ1) is 24.5. The zero-order valence-electron chi connectivity index (χ0n) is 20.3. The number of fused-ring (bicyclic) bond motifs is 1. The van der Waals surface area contributed by atoms with Crippen LogP contribution >= 0.6 is 0 Å². The van der Waals surface area contributed by atoms with Gasteiger partial charge in [0.05, 0.1) is 17.8 Å². The molecule has 31 heavy (non-hydrogen) atoms. The van der Waals surface area contributed by atoms with Gasteiger partial charge in [-0.05, 0) is 87.5 Å². The van der Waals surface area contributed by atoms with E-state index in [2.05, 4.69) is 45.6 Å². The van der Waals surface area contributed by atoms with Crippen LogP contribution in [0.25, 0.3) is 0 Å². The van der Waals surface area contributed by atoms with Crippen LogP contribution in [-0.2, 0) is 0 Å². The lowest BCUT2D eigenvalue weighted by Crippen LogP contribution is -2.35. The van der Waals surface area contributed by atoms with Crippen molar-refractivity contribution in [2.45, 2.75) is 97.4 Å². The minimum atomic E-state index is -0.719. The number of rotatable bonds is 6. The van der Waals surface area contributed by atoms with E-state index in [1.165, 1.54) is 32.1 Å². The molecule has 3 nitrogen and oxygen atoms in total. The number of hydrogen-bond donors (Lipinski definition) is 3. The van der Waals surface area contributed by atoms with Crippen molar-refractivity contribution in [2.24, 2.45) is 29.1 Å². The summed E-state index contributed by atoms with van der Waals surface area (Å²) in [6.45, 7) is 14.5. The van der Waals surface area contributed by atoms with E-state index in [9.17, 15) is 15.3 Å². The van der Waals surface area contributed by atoms with Gasteiger partial charge in [0.25, 0.3) is 0 Å². The highest BCUT2D eigenvalue weighted by atomic mass is 16.3. The summed E-state index contributed by atoms with van der Waals surface area (Å²) in [5.74, 6) is 1.97. The van der Waals surface area contributed by atoms with Crippen molar-refractivity contribution in [3.63, 3.8) is 0 Å². The van der Waals surface area contributed by atoms with E-state index < -0.39 is 17.8 Å². The molecular weight excluding hydrogens is 384 g/mol. The molecule has 3 rings (SSSR count). The van der Waals surface area contributed by atoms with Crippen molar-refractivity contribution in [3.8, 4) is 0 Å². The Bertz CT molecular complexity index is 753. The summed E-state index contributed by atoms with van der Waals surface area (Å²) < 4.78 is 0. The Labute approximate surface area is 189 Å². The fourth-order valence-electron chi connectivity index (χ4n) is 6.29. The predicted molar refractivity (Wildman–Crippen MR) is 128 cm³/mol.